The Bertz CT molecular complexity index is 414. The van der Waals surface area contributed by atoms with Gasteiger partial charge in [-0.1, -0.05) is 34.6 Å². The van der Waals surface area contributed by atoms with Crippen LogP contribution in [0.15, 0.2) is 0 Å². The van der Waals surface area contributed by atoms with Crippen LogP contribution in [-0.4, -0.2) is 69.0 Å². The summed E-state index contributed by atoms with van der Waals surface area (Å²) in [5.41, 5.74) is 0. The van der Waals surface area contributed by atoms with E-state index in [4.69, 9.17) is 17.7 Å². The molecule has 0 fully saturated rings. The summed E-state index contributed by atoms with van der Waals surface area (Å²) in [5.74, 6) is -0.220. The average Bonchev–Trinajstić information content (AvgIpc) is 2.56. The van der Waals surface area contributed by atoms with Crippen LogP contribution in [-0.2, 0) is 22.5 Å². The zero-order valence-electron chi connectivity index (χ0n) is 18.6. The molecule has 0 amide bonds. The molecule has 0 radical (unpaired) electrons. The molecular weight excluding hydrogens is 366 g/mol. The predicted molar refractivity (Wildman–Crippen MR) is 111 cm³/mol. The van der Waals surface area contributed by atoms with Crippen molar-refractivity contribution in [3.8, 4) is 0 Å². The molecule has 0 aromatic heterocycles. The minimum atomic E-state index is -2.52. The summed E-state index contributed by atoms with van der Waals surface area (Å²) in [6.45, 7) is 17.2. The van der Waals surface area contributed by atoms with E-state index in [9.17, 15) is 4.79 Å². The first kappa shape index (κ1) is 25.7. The van der Waals surface area contributed by atoms with Gasteiger partial charge in [0.2, 0.25) is 0 Å². The van der Waals surface area contributed by atoms with Gasteiger partial charge < -0.3 is 22.6 Å². The summed E-state index contributed by atoms with van der Waals surface area (Å²) in [4.78, 5) is 14.8. The highest BCUT2D eigenvalue weighted by Gasteiger charge is 2.41. The lowest BCUT2D eigenvalue weighted by molar-refractivity contribution is -0.140. The fourth-order valence-electron chi connectivity index (χ4n) is 2.42. The van der Waals surface area contributed by atoms with Crippen LogP contribution in [0.1, 0.15) is 41.0 Å². The van der Waals surface area contributed by atoms with Crippen LogP contribution in [0.2, 0.25) is 24.2 Å². The van der Waals surface area contributed by atoms with Crippen LogP contribution in [0.4, 0.5) is 0 Å². The lowest BCUT2D eigenvalue weighted by Crippen LogP contribution is -2.45. The highest BCUT2D eigenvalue weighted by Crippen LogP contribution is 2.37. The van der Waals surface area contributed by atoms with Gasteiger partial charge in [-0.2, -0.15) is 0 Å². The molecule has 8 heteroatoms. The maximum Gasteiger partial charge on any atom is 0.500 e. The molecule has 0 aromatic carbocycles. The van der Waals surface area contributed by atoms with E-state index in [1.165, 1.54) is 0 Å². The lowest BCUT2D eigenvalue weighted by atomic mass is 10.1. The molecule has 1 atom stereocenters. The summed E-state index contributed by atoms with van der Waals surface area (Å²) in [6.07, 6.45) is 0.902. The molecular formula is C18H41NO5Si2. The Labute approximate surface area is 163 Å². The minimum absolute atomic E-state index is 0.0290. The first-order valence-electron chi connectivity index (χ1n) is 9.48. The third-order valence-corrected chi connectivity index (χ3v) is 12.6. The van der Waals surface area contributed by atoms with Gasteiger partial charge in [0.1, 0.15) is 0 Å². The fraction of sp³-hybridized carbons (Fsp3) is 0.944. The van der Waals surface area contributed by atoms with Crippen molar-refractivity contribution in [3.63, 3.8) is 0 Å². The average molecular weight is 408 g/mol. The molecule has 156 valence electrons. The Morgan fingerprint density at radius 3 is 1.96 bits per heavy atom. The molecule has 0 N–H and O–H groups in total. The Morgan fingerprint density at radius 2 is 1.58 bits per heavy atom. The molecule has 0 spiro atoms. The minimum Gasteiger partial charge on any atom is -0.519 e. The van der Waals surface area contributed by atoms with Crippen LogP contribution in [0.5, 0.6) is 0 Å². The van der Waals surface area contributed by atoms with Crippen LogP contribution in [0.25, 0.3) is 0 Å². The Balaban J connectivity index is 4.60. The standard InChI is InChI=1S/C18H41NO5Si2/c1-11-19(13-12-14-26(21-6,22-7)23-8)15-16(2)17(20)24-25(9,10)18(3,4)5/h16H,11-15H2,1-10H3. The maximum absolute atomic E-state index is 12.6. The van der Waals surface area contributed by atoms with Crippen molar-refractivity contribution >= 4 is 23.1 Å². The van der Waals surface area contributed by atoms with Crippen molar-refractivity contribution < 1.29 is 22.5 Å². The van der Waals surface area contributed by atoms with Gasteiger partial charge in [0.25, 0.3) is 14.3 Å². The van der Waals surface area contributed by atoms with Crippen molar-refractivity contribution in [2.24, 2.45) is 5.92 Å². The van der Waals surface area contributed by atoms with E-state index in [1.807, 2.05) is 6.92 Å². The van der Waals surface area contributed by atoms with E-state index in [0.717, 1.165) is 25.6 Å². The summed E-state index contributed by atoms with van der Waals surface area (Å²) < 4.78 is 22.3. The molecule has 0 rings (SSSR count). The highest BCUT2D eigenvalue weighted by atomic mass is 28.4. The second kappa shape index (κ2) is 10.9. The number of carbonyl (C=O) groups is 1. The highest BCUT2D eigenvalue weighted by molar-refractivity contribution is 6.75. The molecule has 0 saturated carbocycles. The first-order valence-corrected chi connectivity index (χ1v) is 14.3. The topological polar surface area (TPSA) is 57.2 Å². The summed E-state index contributed by atoms with van der Waals surface area (Å²) in [7, 11) is 0.311. The third-order valence-electron chi connectivity index (χ3n) is 5.43. The molecule has 1 unspecified atom stereocenters. The van der Waals surface area contributed by atoms with Crippen molar-refractivity contribution in [2.75, 3.05) is 41.0 Å². The van der Waals surface area contributed by atoms with Crippen LogP contribution in [0, 0.1) is 5.92 Å². The molecule has 0 saturated heterocycles. The zero-order chi connectivity index (χ0) is 20.6. The maximum atomic E-state index is 12.6. The van der Waals surface area contributed by atoms with E-state index >= 15 is 0 Å². The van der Waals surface area contributed by atoms with Gasteiger partial charge in [-0.3, -0.25) is 4.79 Å². The summed E-state index contributed by atoms with van der Waals surface area (Å²) >= 11 is 0. The van der Waals surface area contributed by atoms with Gasteiger partial charge in [0.05, 0.1) is 5.92 Å². The molecule has 0 bridgehead atoms. The number of rotatable bonds is 12. The van der Waals surface area contributed by atoms with Crippen molar-refractivity contribution in [2.45, 2.75) is 65.2 Å². The first-order chi connectivity index (χ1) is 11.9. The summed E-state index contributed by atoms with van der Waals surface area (Å²) in [6, 6.07) is 0.760. The second-order valence-corrected chi connectivity index (χ2v) is 16.2. The van der Waals surface area contributed by atoms with Gasteiger partial charge in [0, 0.05) is 33.9 Å². The van der Waals surface area contributed by atoms with E-state index < -0.39 is 17.1 Å². The second-order valence-electron chi connectivity index (χ2n) is 8.37. The van der Waals surface area contributed by atoms with E-state index in [-0.39, 0.29) is 16.9 Å². The van der Waals surface area contributed by atoms with Gasteiger partial charge >= 0.3 is 8.80 Å². The monoisotopic (exact) mass is 407 g/mol. The number of carbonyl (C=O) groups excluding carboxylic acids is 1. The molecule has 26 heavy (non-hydrogen) atoms. The Hall–Kier alpha value is -0.256. The van der Waals surface area contributed by atoms with Crippen molar-refractivity contribution in [1.82, 2.24) is 4.90 Å². The van der Waals surface area contributed by atoms with Gasteiger partial charge in [0.15, 0.2) is 0 Å². The van der Waals surface area contributed by atoms with Gasteiger partial charge in [-0.05, 0) is 37.6 Å². The molecule has 0 aliphatic carbocycles. The number of nitrogens with zero attached hydrogens (tertiary/aromatic N) is 1. The molecule has 0 aliphatic heterocycles. The Kier molecular flexibility index (Phi) is 10.8. The number of hydrogen-bond acceptors (Lipinski definition) is 6. The zero-order valence-corrected chi connectivity index (χ0v) is 20.6. The Morgan fingerprint density at radius 1 is 1.08 bits per heavy atom. The van der Waals surface area contributed by atoms with Crippen molar-refractivity contribution in [3.05, 3.63) is 0 Å². The lowest BCUT2D eigenvalue weighted by Gasteiger charge is -2.36. The molecule has 0 aromatic rings. The largest absolute Gasteiger partial charge is 0.519 e. The smallest absolute Gasteiger partial charge is 0.500 e. The van der Waals surface area contributed by atoms with Crippen LogP contribution >= 0.6 is 0 Å². The van der Waals surface area contributed by atoms with E-state index in [0.29, 0.717) is 6.54 Å². The molecule has 0 aliphatic rings. The quantitative estimate of drug-likeness (QED) is 0.459. The SMILES string of the molecule is CCN(CCC[Si](OC)(OC)OC)CC(C)C(=O)O[Si](C)(C)C(C)(C)C. The third kappa shape index (κ3) is 7.78. The van der Waals surface area contributed by atoms with Crippen LogP contribution in [0.3, 0.4) is 0 Å². The van der Waals surface area contributed by atoms with Crippen LogP contribution < -0.4 is 0 Å². The normalized spacial score (nSPS) is 14.6. The summed E-state index contributed by atoms with van der Waals surface area (Å²) in [5, 5.41) is 0.0290. The van der Waals surface area contributed by atoms with E-state index in [1.54, 1.807) is 21.3 Å². The predicted octanol–water partition coefficient (Wildman–Crippen LogP) is 3.76. The van der Waals surface area contributed by atoms with E-state index in [2.05, 4.69) is 45.7 Å². The van der Waals surface area contributed by atoms with Gasteiger partial charge in [-0.15, -0.1) is 0 Å². The fourth-order valence-corrected chi connectivity index (χ4v) is 5.13. The molecule has 6 nitrogen and oxygen atoms in total. The van der Waals surface area contributed by atoms with Gasteiger partial charge in [-0.25, -0.2) is 0 Å². The van der Waals surface area contributed by atoms with Crippen molar-refractivity contribution in [1.29, 1.82) is 0 Å². The number of hydrogen-bond donors (Lipinski definition) is 0. The molecule has 0 heterocycles.